The van der Waals surface area contributed by atoms with Crippen molar-refractivity contribution in [3.63, 3.8) is 0 Å². The van der Waals surface area contributed by atoms with Crippen molar-refractivity contribution >= 4 is 11.8 Å². The van der Waals surface area contributed by atoms with E-state index in [-0.39, 0.29) is 28.6 Å². The molecule has 0 saturated heterocycles. The first kappa shape index (κ1) is 15.1. The summed E-state index contributed by atoms with van der Waals surface area (Å²) in [6.07, 6.45) is 1.74. The average Bonchev–Trinajstić information content (AvgIpc) is 3.31. The minimum Gasteiger partial charge on any atom is -0.508 e. The molecule has 1 aliphatic carbocycles. The van der Waals surface area contributed by atoms with Crippen molar-refractivity contribution in [2.75, 3.05) is 5.73 Å². The normalized spacial score (nSPS) is 14.0. The molecule has 4 N–H and O–H groups in total. The maximum atomic E-state index is 12.9. The van der Waals surface area contributed by atoms with E-state index < -0.39 is 5.97 Å². The third kappa shape index (κ3) is 2.36. The quantitative estimate of drug-likeness (QED) is 0.806. The Morgan fingerprint density at radius 3 is 2.52 bits per heavy atom. The van der Waals surface area contributed by atoms with Crippen LogP contribution < -0.4 is 11.3 Å². The van der Waals surface area contributed by atoms with Crippen LogP contribution >= 0.6 is 0 Å². The molecular formula is C17H18N2O4. The van der Waals surface area contributed by atoms with E-state index in [1.807, 2.05) is 0 Å². The van der Waals surface area contributed by atoms with Gasteiger partial charge >= 0.3 is 5.97 Å². The Morgan fingerprint density at radius 1 is 1.30 bits per heavy atom. The lowest BCUT2D eigenvalue weighted by atomic mass is 10.0. The molecule has 0 aliphatic heterocycles. The van der Waals surface area contributed by atoms with Gasteiger partial charge in [0.15, 0.2) is 0 Å². The Bertz CT molecular complexity index is 879. The number of rotatable bonds is 3. The van der Waals surface area contributed by atoms with Crippen LogP contribution in [0.15, 0.2) is 23.0 Å². The van der Waals surface area contributed by atoms with Crippen LogP contribution in [0.4, 0.5) is 5.82 Å². The third-order valence-corrected chi connectivity index (χ3v) is 4.34. The second-order valence-corrected chi connectivity index (χ2v) is 5.99. The summed E-state index contributed by atoms with van der Waals surface area (Å²) in [5, 5.41) is 19.4. The second kappa shape index (κ2) is 5.15. The number of carboxylic acid groups (broad SMARTS) is 1. The fourth-order valence-electron chi connectivity index (χ4n) is 2.90. The van der Waals surface area contributed by atoms with Crippen LogP contribution in [0.1, 0.15) is 45.8 Å². The van der Waals surface area contributed by atoms with E-state index in [1.54, 1.807) is 19.9 Å². The van der Waals surface area contributed by atoms with Crippen LogP contribution in [-0.2, 0) is 0 Å². The van der Waals surface area contributed by atoms with Gasteiger partial charge in [-0.05, 0) is 50.3 Å². The number of nitrogens with zero attached hydrogens (tertiary/aromatic N) is 1. The van der Waals surface area contributed by atoms with Crippen LogP contribution in [0, 0.1) is 13.8 Å². The van der Waals surface area contributed by atoms with Crippen molar-refractivity contribution in [3.05, 3.63) is 50.8 Å². The highest BCUT2D eigenvalue weighted by atomic mass is 16.4. The number of hydrogen-bond acceptors (Lipinski definition) is 4. The first-order valence-corrected chi connectivity index (χ1v) is 7.41. The molecule has 1 heterocycles. The summed E-state index contributed by atoms with van der Waals surface area (Å²) in [5.41, 5.74) is 7.73. The maximum Gasteiger partial charge on any atom is 0.339 e. The first-order chi connectivity index (χ1) is 10.8. The molecule has 0 unspecified atom stereocenters. The number of pyridine rings is 1. The van der Waals surface area contributed by atoms with Gasteiger partial charge in [0.05, 0.1) is 5.69 Å². The van der Waals surface area contributed by atoms with Gasteiger partial charge in [-0.25, -0.2) is 4.79 Å². The van der Waals surface area contributed by atoms with Gasteiger partial charge in [0.1, 0.15) is 17.1 Å². The molecule has 23 heavy (non-hydrogen) atoms. The number of carbonyl (C=O) groups is 1. The lowest BCUT2D eigenvalue weighted by Gasteiger charge is -2.18. The minimum atomic E-state index is -1.17. The van der Waals surface area contributed by atoms with E-state index in [2.05, 4.69) is 0 Å². The molecular weight excluding hydrogens is 296 g/mol. The number of phenolic OH excluding ortho intramolecular Hbond substituents is 1. The van der Waals surface area contributed by atoms with Crippen molar-refractivity contribution in [1.82, 2.24) is 4.57 Å². The summed E-state index contributed by atoms with van der Waals surface area (Å²) in [4.78, 5) is 24.4. The average molecular weight is 314 g/mol. The Labute approximate surface area is 132 Å². The van der Waals surface area contributed by atoms with Crippen molar-refractivity contribution in [1.29, 1.82) is 0 Å². The number of anilines is 1. The first-order valence-electron chi connectivity index (χ1n) is 7.41. The van der Waals surface area contributed by atoms with Gasteiger partial charge in [-0.15, -0.1) is 0 Å². The zero-order valence-corrected chi connectivity index (χ0v) is 13.0. The number of nitrogens with two attached hydrogens (primary N) is 1. The highest BCUT2D eigenvalue weighted by Gasteiger charge is 2.30. The monoisotopic (exact) mass is 314 g/mol. The highest BCUT2D eigenvalue weighted by molar-refractivity contribution is 5.93. The molecule has 1 aromatic heterocycles. The zero-order chi connectivity index (χ0) is 16.9. The van der Waals surface area contributed by atoms with Gasteiger partial charge in [0, 0.05) is 11.1 Å². The van der Waals surface area contributed by atoms with Crippen LogP contribution in [0.25, 0.3) is 5.69 Å². The summed E-state index contributed by atoms with van der Waals surface area (Å²) >= 11 is 0. The van der Waals surface area contributed by atoms with E-state index in [1.165, 1.54) is 16.7 Å². The number of aryl methyl sites for hydroxylation is 1. The number of hydrogen-bond donors (Lipinski definition) is 3. The van der Waals surface area contributed by atoms with Crippen molar-refractivity contribution in [3.8, 4) is 11.4 Å². The number of aromatic hydroxyl groups is 1. The van der Waals surface area contributed by atoms with Crippen LogP contribution in [-0.4, -0.2) is 20.7 Å². The smallest absolute Gasteiger partial charge is 0.339 e. The largest absolute Gasteiger partial charge is 0.508 e. The van der Waals surface area contributed by atoms with E-state index >= 15 is 0 Å². The fraction of sp³-hybridized carbons (Fsp3) is 0.294. The van der Waals surface area contributed by atoms with Crippen molar-refractivity contribution in [2.45, 2.75) is 32.6 Å². The van der Waals surface area contributed by atoms with E-state index in [4.69, 9.17) is 5.73 Å². The summed E-state index contributed by atoms with van der Waals surface area (Å²) < 4.78 is 1.22. The molecule has 6 nitrogen and oxygen atoms in total. The number of phenols is 1. The zero-order valence-electron chi connectivity index (χ0n) is 13.0. The summed E-state index contributed by atoms with van der Waals surface area (Å²) in [6, 6.07) is 4.60. The Kier molecular flexibility index (Phi) is 3.39. The molecule has 6 heteroatoms. The predicted octanol–water partition coefficient (Wildman–Crippen LogP) is 2.32. The SMILES string of the molecule is Cc1ccc(O)c(C)c1-n1c(N)c(C(=O)O)cc(C2CC2)c1=O. The molecule has 1 fully saturated rings. The molecule has 120 valence electrons. The van der Waals surface area contributed by atoms with Gasteiger partial charge in [-0.2, -0.15) is 0 Å². The molecule has 0 radical (unpaired) electrons. The number of nitrogen functional groups attached to an aromatic ring is 1. The fourth-order valence-corrected chi connectivity index (χ4v) is 2.90. The van der Waals surface area contributed by atoms with Crippen molar-refractivity contribution in [2.24, 2.45) is 0 Å². The number of aromatic nitrogens is 1. The number of carboxylic acids is 1. The van der Waals surface area contributed by atoms with E-state index in [0.717, 1.165) is 18.4 Å². The van der Waals surface area contributed by atoms with Gasteiger partial charge < -0.3 is 15.9 Å². The molecule has 2 aromatic rings. The predicted molar refractivity (Wildman–Crippen MR) is 86.5 cm³/mol. The van der Waals surface area contributed by atoms with Gasteiger partial charge in [-0.3, -0.25) is 9.36 Å². The van der Waals surface area contributed by atoms with E-state index in [0.29, 0.717) is 16.8 Å². The summed E-state index contributed by atoms with van der Waals surface area (Å²) in [6.45, 7) is 3.46. The minimum absolute atomic E-state index is 0.0330. The van der Waals surface area contributed by atoms with Gasteiger partial charge in [-0.1, -0.05) is 6.07 Å². The Balaban J connectivity index is 2.42. The van der Waals surface area contributed by atoms with E-state index in [9.17, 15) is 19.8 Å². The van der Waals surface area contributed by atoms with Crippen LogP contribution in [0.3, 0.4) is 0 Å². The number of benzene rings is 1. The lowest BCUT2D eigenvalue weighted by molar-refractivity contribution is 0.0697. The topological polar surface area (TPSA) is 106 Å². The highest BCUT2D eigenvalue weighted by Crippen LogP contribution is 2.39. The Hall–Kier alpha value is -2.76. The molecule has 1 aliphatic rings. The molecule has 1 aromatic carbocycles. The summed E-state index contributed by atoms with van der Waals surface area (Å²) in [7, 11) is 0. The number of aromatic carboxylic acids is 1. The Morgan fingerprint density at radius 2 is 1.96 bits per heavy atom. The molecule has 3 rings (SSSR count). The van der Waals surface area contributed by atoms with Gasteiger partial charge in [0.2, 0.25) is 0 Å². The van der Waals surface area contributed by atoms with Crippen LogP contribution in [0.5, 0.6) is 5.75 Å². The van der Waals surface area contributed by atoms with Crippen LogP contribution in [0.2, 0.25) is 0 Å². The molecule has 0 atom stereocenters. The molecule has 1 saturated carbocycles. The summed E-state index contributed by atoms with van der Waals surface area (Å²) in [5.74, 6) is -1.17. The molecule has 0 amide bonds. The van der Waals surface area contributed by atoms with Gasteiger partial charge in [0.25, 0.3) is 5.56 Å². The standard InChI is InChI=1S/C17H18N2O4/c1-8-3-6-13(20)9(2)14(8)19-15(18)12(17(22)23)7-11(16(19)21)10-4-5-10/h3,6-7,10,20H,4-5,18H2,1-2H3,(H,22,23). The second-order valence-electron chi connectivity index (χ2n) is 5.99. The third-order valence-electron chi connectivity index (χ3n) is 4.34. The molecule has 0 spiro atoms. The molecule has 0 bridgehead atoms. The lowest BCUT2D eigenvalue weighted by Crippen LogP contribution is -2.28. The maximum absolute atomic E-state index is 12.9. The van der Waals surface area contributed by atoms with Crippen molar-refractivity contribution < 1.29 is 15.0 Å².